The molecule has 0 amide bonds. The highest BCUT2D eigenvalue weighted by molar-refractivity contribution is 5.13. The Kier molecular flexibility index (Phi) is 2.76. The quantitative estimate of drug-likeness (QED) is 0.720. The molecule has 1 heterocycles. The van der Waals surface area contributed by atoms with Gasteiger partial charge < -0.3 is 5.73 Å². The topological polar surface area (TPSA) is 51.8 Å². The highest BCUT2D eigenvalue weighted by atomic mass is 14.9. The zero-order chi connectivity index (χ0) is 9.14. The third-order valence-electron chi connectivity index (χ3n) is 1.74. The Morgan fingerprint density at radius 1 is 1.50 bits per heavy atom. The van der Waals surface area contributed by atoms with Gasteiger partial charge in [-0.1, -0.05) is 6.92 Å². The van der Waals surface area contributed by atoms with Crippen LogP contribution in [-0.4, -0.2) is 9.97 Å². The Balaban J connectivity index is 3.06. The van der Waals surface area contributed by atoms with Gasteiger partial charge >= 0.3 is 0 Å². The molecule has 0 bridgehead atoms. The average Bonchev–Trinajstić information content (AvgIpc) is 2.03. The number of aromatic nitrogens is 2. The van der Waals surface area contributed by atoms with E-state index in [2.05, 4.69) is 16.9 Å². The number of rotatable bonds is 2. The predicted molar refractivity (Wildman–Crippen MR) is 48.7 cm³/mol. The molecule has 0 saturated heterocycles. The van der Waals surface area contributed by atoms with E-state index in [1.807, 2.05) is 19.9 Å². The fraction of sp³-hybridized carbons (Fsp3) is 0.556. The molecule has 1 unspecified atom stereocenters. The summed E-state index contributed by atoms with van der Waals surface area (Å²) >= 11 is 0. The lowest BCUT2D eigenvalue weighted by molar-refractivity contribution is 0.755. The first-order valence-electron chi connectivity index (χ1n) is 4.23. The van der Waals surface area contributed by atoms with Gasteiger partial charge in [-0.2, -0.15) is 0 Å². The smallest absolute Gasteiger partial charge is 0.125 e. The van der Waals surface area contributed by atoms with E-state index in [1.165, 1.54) is 0 Å². The van der Waals surface area contributed by atoms with Crippen molar-refractivity contribution in [3.8, 4) is 0 Å². The maximum atomic E-state index is 5.72. The van der Waals surface area contributed by atoms with E-state index < -0.39 is 0 Å². The van der Waals surface area contributed by atoms with Crippen LogP contribution in [0.3, 0.4) is 0 Å². The molecule has 2 N–H and O–H groups in total. The first kappa shape index (κ1) is 9.13. The van der Waals surface area contributed by atoms with Crippen LogP contribution < -0.4 is 5.73 Å². The Labute approximate surface area is 73.0 Å². The van der Waals surface area contributed by atoms with Crippen LogP contribution in [0.25, 0.3) is 0 Å². The minimum Gasteiger partial charge on any atom is -0.323 e. The van der Waals surface area contributed by atoms with Crippen LogP contribution in [0.4, 0.5) is 0 Å². The van der Waals surface area contributed by atoms with Gasteiger partial charge in [0.2, 0.25) is 0 Å². The average molecular weight is 165 g/mol. The first-order valence-corrected chi connectivity index (χ1v) is 4.23. The molecule has 1 aromatic heterocycles. The summed E-state index contributed by atoms with van der Waals surface area (Å²) < 4.78 is 0. The van der Waals surface area contributed by atoms with E-state index in [0.717, 1.165) is 23.6 Å². The number of nitrogens with two attached hydrogens (primary N) is 1. The van der Waals surface area contributed by atoms with Gasteiger partial charge in [0.1, 0.15) is 5.82 Å². The zero-order valence-corrected chi connectivity index (χ0v) is 7.83. The van der Waals surface area contributed by atoms with E-state index in [-0.39, 0.29) is 6.04 Å². The molecule has 0 aromatic carbocycles. The van der Waals surface area contributed by atoms with Crippen molar-refractivity contribution < 1.29 is 0 Å². The second-order valence-electron chi connectivity index (χ2n) is 2.97. The van der Waals surface area contributed by atoms with Gasteiger partial charge in [0.05, 0.1) is 5.69 Å². The van der Waals surface area contributed by atoms with E-state index in [9.17, 15) is 0 Å². The molecule has 0 spiro atoms. The molecule has 0 saturated carbocycles. The summed E-state index contributed by atoms with van der Waals surface area (Å²) in [5.41, 5.74) is 7.71. The van der Waals surface area contributed by atoms with Crippen LogP contribution in [0.5, 0.6) is 0 Å². The van der Waals surface area contributed by atoms with Crippen molar-refractivity contribution in [2.24, 2.45) is 5.73 Å². The van der Waals surface area contributed by atoms with Crippen LogP contribution in [-0.2, 0) is 6.42 Å². The molecule has 12 heavy (non-hydrogen) atoms. The van der Waals surface area contributed by atoms with Gasteiger partial charge in [0.25, 0.3) is 0 Å². The number of aryl methyl sites for hydroxylation is 2. The standard InChI is InChI=1S/C9H15N3/c1-4-8-5-9(6(2)10)12-7(3)11-8/h5-6H,4,10H2,1-3H3. The molecule has 66 valence electrons. The van der Waals surface area contributed by atoms with Crippen molar-refractivity contribution in [2.75, 3.05) is 0 Å². The Hall–Kier alpha value is -0.960. The molecule has 1 atom stereocenters. The van der Waals surface area contributed by atoms with Gasteiger partial charge in [-0.25, -0.2) is 9.97 Å². The monoisotopic (exact) mass is 165 g/mol. The Bertz CT molecular complexity index is 268. The van der Waals surface area contributed by atoms with Crippen molar-refractivity contribution >= 4 is 0 Å². The van der Waals surface area contributed by atoms with Crippen molar-refractivity contribution in [1.82, 2.24) is 9.97 Å². The van der Waals surface area contributed by atoms with Crippen LogP contribution in [0, 0.1) is 6.92 Å². The third kappa shape index (κ3) is 2.01. The van der Waals surface area contributed by atoms with E-state index in [0.29, 0.717) is 0 Å². The minimum absolute atomic E-state index is 0.00278. The molecule has 0 radical (unpaired) electrons. The fourth-order valence-electron chi connectivity index (χ4n) is 1.07. The first-order chi connectivity index (χ1) is 5.63. The molecule has 0 fully saturated rings. The summed E-state index contributed by atoms with van der Waals surface area (Å²) in [5.74, 6) is 0.807. The largest absolute Gasteiger partial charge is 0.323 e. The van der Waals surface area contributed by atoms with Gasteiger partial charge in [-0.05, 0) is 26.3 Å². The van der Waals surface area contributed by atoms with Crippen molar-refractivity contribution in [3.63, 3.8) is 0 Å². The molecule has 3 nitrogen and oxygen atoms in total. The summed E-state index contributed by atoms with van der Waals surface area (Å²) in [5, 5.41) is 0. The summed E-state index contributed by atoms with van der Waals surface area (Å²) in [6.45, 7) is 5.90. The lowest BCUT2D eigenvalue weighted by Crippen LogP contribution is -2.10. The zero-order valence-electron chi connectivity index (χ0n) is 7.83. The molecule has 1 rings (SSSR count). The molecule has 0 aliphatic rings. The highest BCUT2D eigenvalue weighted by Crippen LogP contribution is 2.08. The van der Waals surface area contributed by atoms with Crippen LogP contribution in [0.2, 0.25) is 0 Å². The fourth-order valence-corrected chi connectivity index (χ4v) is 1.07. The molecule has 1 aromatic rings. The molecular weight excluding hydrogens is 150 g/mol. The second-order valence-corrected chi connectivity index (χ2v) is 2.97. The van der Waals surface area contributed by atoms with Crippen molar-refractivity contribution in [1.29, 1.82) is 0 Å². The van der Waals surface area contributed by atoms with Crippen LogP contribution in [0.15, 0.2) is 6.07 Å². The molecule has 3 heteroatoms. The second kappa shape index (κ2) is 3.63. The summed E-state index contributed by atoms with van der Waals surface area (Å²) in [6.07, 6.45) is 0.934. The maximum Gasteiger partial charge on any atom is 0.125 e. The van der Waals surface area contributed by atoms with Gasteiger partial charge in [-0.15, -0.1) is 0 Å². The summed E-state index contributed by atoms with van der Waals surface area (Å²) in [4.78, 5) is 8.51. The van der Waals surface area contributed by atoms with E-state index in [1.54, 1.807) is 0 Å². The lowest BCUT2D eigenvalue weighted by atomic mass is 10.2. The SMILES string of the molecule is CCc1cc(C(C)N)nc(C)n1. The Morgan fingerprint density at radius 3 is 2.67 bits per heavy atom. The van der Waals surface area contributed by atoms with Crippen molar-refractivity contribution in [2.45, 2.75) is 33.2 Å². The van der Waals surface area contributed by atoms with E-state index >= 15 is 0 Å². The van der Waals surface area contributed by atoms with E-state index in [4.69, 9.17) is 5.73 Å². The maximum absolute atomic E-state index is 5.72. The summed E-state index contributed by atoms with van der Waals surface area (Å²) in [7, 11) is 0. The molecular formula is C9H15N3. The van der Waals surface area contributed by atoms with Crippen LogP contribution in [0.1, 0.15) is 37.1 Å². The normalized spacial score (nSPS) is 13.0. The summed E-state index contributed by atoms with van der Waals surface area (Å²) in [6, 6.07) is 1.97. The van der Waals surface area contributed by atoms with Gasteiger partial charge in [0, 0.05) is 11.7 Å². The molecule has 0 aliphatic heterocycles. The van der Waals surface area contributed by atoms with Gasteiger partial charge in [0.15, 0.2) is 0 Å². The minimum atomic E-state index is -0.00278. The Morgan fingerprint density at radius 2 is 2.17 bits per heavy atom. The third-order valence-corrected chi connectivity index (χ3v) is 1.74. The predicted octanol–water partition coefficient (Wildman–Crippen LogP) is 1.37. The van der Waals surface area contributed by atoms with Crippen LogP contribution >= 0.6 is 0 Å². The number of nitrogens with zero attached hydrogens (tertiary/aromatic N) is 2. The number of hydrogen-bond acceptors (Lipinski definition) is 3. The van der Waals surface area contributed by atoms with Crippen molar-refractivity contribution in [3.05, 3.63) is 23.3 Å². The molecule has 0 aliphatic carbocycles. The number of hydrogen-bond donors (Lipinski definition) is 1. The highest BCUT2D eigenvalue weighted by Gasteiger charge is 2.03. The lowest BCUT2D eigenvalue weighted by Gasteiger charge is -2.06. The van der Waals surface area contributed by atoms with Gasteiger partial charge in [-0.3, -0.25) is 0 Å².